The lowest BCUT2D eigenvalue weighted by atomic mass is 10.0. The first-order valence-electron chi connectivity index (χ1n) is 6.31. The summed E-state index contributed by atoms with van der Waals surface area (Å²) in [5, 5.41) is 2.78. The van der Waals surface area contributed by atoms with Gasteiger partial charge in [-0.1, -0.05) is 25.1 Å². The normalized spacial score (nSPS) is 12.3. The minimum Gasteiger partial charge on any atom is -0.483 e. The standard InChI is InChI=1S/C14H22N2O2/c1-4-12(15)11-7-5-6-8-13(11)18-9-14(17)16-10(2)3/h5-8,10,12H,4,9,15H2,1-3H3,(H,16,17). The number of nitrogens with two attached hydrogens (primary N) is 1. The van der Waals surface area contributed by atoms with Crippen molar-refractivity contribution in [2.45, 2.75) is 39.3 Å². The van der Waals surface area contributed by atoms with Crippen LogP contribution in [0.25, 0.3) is 0 Å². The molecule has 1 rings (SSSR count). The molecule has 3 N–H and O–H groups in total. The molecule has 1 unspecified atom stereocenters. The van der Waals surface area contributed by atoms with Crippen molar-refractivity contribution >= 4 is 5.91 Å². The summed E-state index contributed by atoms with van der Waals surface area (Å²) in [6, 6.07) is 7.63. The average molecular weight is 250 g/mol. The molecule has 0 aliphatic heterocycles. The summed E-state index contributed by atoms with van der Waals surface area (Å²) in [6.45, 7) is 5.87. The zero-order valence-electron chi connectivity index (χ0n) is 11.3. The van der Waals surface area contributed by atoms with Crippen molar-refractivity contribution in [2.24, 2.45) is 5.73 Å². The van der Waals surface area contributed by atoms with Crippen molar-refractivity contribution in [3.63, 3.8) is 0 Å². The molecule has 0 aromatic heterocycles. The van der Waals surface area contributed by atoms with Crippen molar-refractivity contribution in [2.75, 3.05) is 6.61 Å². The molecule has 1 atom stereocenters. The van der Waals surface area contributed by atoms with E-state index in [2.05, 4.69) is 5.32 Å². The van der Waals surface area contributed by atoms with E-state index in [-0.39, 0.29) is 24.6 Å². The van der Waals surface area contributed by atoms with Gasteiger partial charge in [0.25, 0.3) is 5.91 Å². The van der Waals surface area contributed by atoms with Crippen molar-refractivity contribution in [3.05, 3.63) is 29.8 Å². The molecule has 18 heavy (non-hydrogen) atoms. The second-order valence-corrected chi connectivity index (χ2v) is 4.56. The molecule has 1 aromatic carbocycles. The lowest BCUT2D eigenvalue weighted by molar-refractivity contribution is -0.123. The van der Waals surface area contributed by atoms with E-state index in [1.165, 1.54) is 0 Å². The highest BCUT2D eigenvalue weighted by atomic mass is 16.5. The molecule has 4 nitrogen and oxygen atoms in total. The number of benzene rings is 1. The molecule has 0 saturated heterocycles. The molecule has 1 aromatic rings. The van der Waals surface area contributed by atoms with E-state index >= 15 is 0 Å². The lowest BCUT2D eigenvalue weighted by Gasteiger charge is -2.16. The van der Waals surface area contributed by atoms with Crippen LogP contribution in [0.2, 0.25) is 0 Å². The monoisotopic (exact) mass is 250 g/mol. The van der Waals surface area contributed by atoms with Crippen LogP contribution in [0.1, 0.15) is 38.8 Å². The highest BCUT2D eigenvalue weighted by Gasteiger charge is 2.11. The Morgan fingerprint density at radius 1 is 1.39 bits per heavy atom. The first kappa shape index (κ1) is 14.5. The van der Waals surface area contributed by atoms with Gasteiger partial charge in [0.2, 0.25) is 0 Å². The van der Waals surface area contributed by atoms with Gasteiger partial charge in [-0.05, 0) is 26.3 Å². The Hall–Kier alpha value is -1.55. The molecule has 1 amide bonds. The number of amides is 1. The number of carbonyl (C=O) groups excluding carboxylic acids is 1. The second kappa shape index (κ2) is 7.01. The van der Waals surface area contributed by atoms with Crippen LogP contribution >= 0.6 is 0 Å². The molecular formula is C14H22N2O2. The first-order valence-corrected chi connectivity index (χ1v) is 6.31. The maximum Gasteiger partial charge on any atom is 0.258 e. The summed E-state index contributed by atoms with van der Waals surface area (Å²) >= 11 is 0. The molecule has 100 valence electrons. The number of carbonyl (C=O) groups is 1. The van der Waals surface area contributed by atoms with Gasteiger partial charge < -0.3 is 15.8 Å². The second-order valence-electron chi connectivity index (χ2n) is 4.56. The maximum absolute atomic E-state index is 11.5. The third-order valence-electron chi connectivity index (χ3n) is 2.57. The Balaban J connectivity index is 2.64. The number of hydrogen-bond donors (Lipinski definition) is 2. The number of ether oxygens (including phenoxy) is 1. The smallest absolute Gasteiger partial charge is 0.258 e. The Kier molecular flexibility index (Phi) is 5.65. The average Bonchev–Trinajstić information content (AvgIpc) is 2.35. The third kappa shape index (κ3) is 4.37. The highest BCUT2D eigenvalue weighted by Crippen LogP contribution is 2.25. The van der Waals surface area contributed by atoms with E-state index in [9.17, 15) is 4.79 Å². The molecule has 0 aliphatic rings. The van der Waals surface area contributed by atoms with Gasteiger partial charge >= 0.3 is 0 Å². The molecule has 0 saturated carbocycles. The molecular weight excluding hydrogens is 228 g/mol. The van der Waals surface area contributed by atoms with Gasteiger partial charge in [-0.15, -0.1) is 0 Å². The van der Waals surface area contributed by atoms with Gasteiger partial charge in [-0.2, -0.15) is 0 Å². The molecule has 0 fully saturated rings. The van der Waals surface area contributed by atoms with Crippen LogP contribution in [-0.2, 0) is 4.79 Å². The first-order chi connectivity index (χ1) is 8.54. The fourth-order valence-corrected chi connectivity index (χ4v) is 1.65. The summed E-state index contributed by atoms with van der Waals surface area (Å²) in [7, 11) is 0. The number of para-hydroxylation sites is 1. The van der Waals surface area contributed by atoms with Gasteiger partial charge in [0.05, 0.1) is 0 Å². The Morgan fingerprint density at radius 2 is 2.06 bits per heavy atom. The fourth-order valence-electron chi connectivity index (χ4n) is 1.65. The van der Waals surface area contributed by atoms with Crippen LogP contribution in [-0.4, -0.2) is 18.6 Å². The van der Waals surface area contributed by atoms with Gasteiger partial charge in [0, 0.05) is 17.6 Å². The summed E-state index contributed by atoms with van der Waals surface area (Å²) in [6.07, 6.45) is 0.832. The van der Waals surface area contributed by atoms with Crippen LogP contribution in [0.3, 0.4) is 0 Å². The van der Waals surface area contributed by atoms with Gasteiger partial charge in [0.15, 0.2) is 6.61 Å². The Morgan fingerprint density at radius 3 is 2.67 bits per heavy atom. The van der Waals surface area contributed by atoms with Crippen molar-refractivity contribution in [1.82, 2.24) is 5.32 Å². The lowest BCUT2D eigenvalue weighted by Crippen LogP contribution is -2.34. The largest absolute Gasteiger partial charge is 0.483 e. The topological polar surface area (TPSA) is 64.3 Å². The summed E-state index contributed by atoms with van der Waals surface area (Å²) in [5.41, 5.74) is 6.94. The maximum atomic E-state index is 11.5. The number of rotatable bonds is 6. The summed E-state index contributed by atoms with van der Waals surface area (Å²) < 4.78 is 5.53. The summed E-state index contributed by atoms with van der Waals surface area (Å²) in [4.78, 5) is 11.5. The van der Waals surface area contributed by atoms with Crippen molar-refractivity contribution in [1.29, 1.82) is 0 Å². The molecule has 0 aliphatic carbocycles. The third-order valence-corrected chi connectivity index (χ3v) is 2.57. The van der Waals surface area contributed by atoms with E-state index in [0.717, 1.165) is 12.0 Å². The summed E-state index contributed by atoms with van der Waals surface area (Å²) in [5.74, 6) is 0.565. The molecule has 0 heterocycles. The van der Waals surface area contributed by atoms with E-state index < -0.39 is 0 Å². The highest BCUT2D eigenvalue weighted by molar-refractivity contribution is 5.77. The zero-order valence-corrected chi connectivity index (χ0v) is 11.3. The van der Waals surface area contributed by atoms with E-state index in [0.29, 0.717) is 5.75 Å². The van der Waals surface area contributed by atoms with Crippen LogP contribution in [0.5, 0.6) is 5.75 Å². The molecule has 0 radical (unpaired) electrons. The number of hydrogen-bond acceptors (Lipinski definition) is 3. The van der Waals surface area contributed by atoms with Gasteiger partial charge in [-0.3, -0.25) is 4.79 Å². The minimum absolute atomic E-state index is 0.0195. The SMILES string of the molecule is CCC(N)c1ccccc1OCC(=O)NC(C)C. The van der Waals surface area contributed by atoms with Gasteiger partial charge in [0.1, 0.15) is 5.75 Å². The Labute approximate surface area is 109 Å². The van der Waals surface area contributed by atoms with Crippen LogP contribution in [0, 0.1) is 0 Å². The minimum atomic E-state index is -0.120. The zero-order chi connectivity index (χ0) is 13.5. The van der Waals surface area contributed by atoms with E-state index in [1.807, 2.05) is 45.0 Å². The molecule has 4 heteroatoms. The van der Waals surface area contributed by atoms with Crippen molar-refractivity contribution in [3.8, 4) is 5.75 Å². The number of nitrogens with one attached hydrogen (secondary N) is 1. The molecule has 0 spiro atoms. The van der Waals surface area contributed by atoms with Crippen LogP contribution < -0.4 is 15.8 Å². The van der Waals surface area contributed by atoms with E-state index in [1.54, 1.807) is 0 Å². The fraction of sp³-hybridized carbons (Fsp3) is 0.500. The predicted octanol–water partition coefficient (Wildman–Crippen LogP) is 2.00. The Bertz CT molecular complexity index is 391. The van der Waals surface area contributed by atoms with E-state index in [4.69, 9.17) is 10.5 Å². The quantitative estimate of drug-likeness (QED) is 0.811. The molecule has 0 bridgehead atoms. The van der Waals surface area contributed by atoms with Gasteiger partial charge in [-0.25, -0.2) is 0 Å². The van der Waals surface area contributed by atoms with Crippen LogP contribution in [0.15, 0.2) is 24.3 Å². The predicted molar refractivity (Wildman–Crippen MR) is 72.4 cm³/mol. The van der Waals surface area contributed by atoms with Crippen LogP contribution in [0.4, 0.5) is 0 Å². The van der Waals surface area contributed by atoms with Crippen molar-refractivity contribution < 1.29 is 9.53 Å².